The second-order valence-electron chi connectivity index (χ2n) is 4.05. The summed E-state index contributed by atoms with van der Waals surface area (Å²) in [5.41, 5.74) is 0.523. The molecule has 5 nitrogen and oxygen atoms in total. The Morgan fingerprint density at radius 3 is 2.94 bits per heavy atom. The molecule has 0 atom stereocenters. The zero-order chi connectivity index (χ0) is 11.4. The third-order valence-corrected chi connectivity index (χ3v) is 2.89. The van der Waals surface area contributed by atoms with Gasteiger partial charge in [-0.15, -0.1) is 0 Å². The zero-order valence-corrected chi connectivity index (χ0v) is 9.35. The maximum atomic E-state index is 9.05. The first-order valence-corrected chi connectivity index (χ1v) is 5.31. The van der Waals surface area contributed by atoms with Crippen LogP contribution in [-0.2, 0) is 21.5 Å². The van der Waals surface area contributed by atoms with Gasteiger partial charge in [0.15, 0.2) is 0 Å². The van der Waals surface area contributed by atoms with Crippen molar-refractivity contribution < 1.29 is 14.6 Å². The van der Waals surface area contributed by atoms with E-state index in [-0.39, 0.29) is 12.0 Å². The smallest absolute Gasteiger partial charge is 0.139 e. The molecule has 88 valence electrons. The first-order valence-electron chi connectivity index (χ1n) is 5.31. The summed E-state index contributed by atoms with van der Waals surface area (Å²) in [7, 11) is 1.68. The summed E-state index contributed by atoms with van der Waals surface area (Å²) in [6.45, 7) is 1.86. The number of hydrogen-bond acceptors (Lipinski definition) is 5. The highest BCUT2D eigenvalue weighted by Gasteiger charge is 2.42. The van der Waals surface area contributed by atoms with Crippen LogP contribution in [0, 0.1) is 0 Å². The Morgan fingerprint density at radius 1 is 1.56 bits per heavy atom. The normalized spacial score (nSPS) is 18.1. The van der Waals surface area contributed by atoms with Crippen LogP contribution in [-0.4, -0.2) is 42.0 Å². The van der Waals surface area contributed by atoms with E-state index < -0.39 is 0 Å². The second-order valence-corrected chi connectivity index (χ2v) is 4.05. The number of aliphatic hydroxyl groups excluding tert-OH is 1. The van der Waals surface area contributed by atoms with Crippen molar-refractivity contribution in [1.82, 2.24) is 9.97 Å². The van der Waals surface area contributed by atoms with Crippen molar-refractivity contribution in [3.05, 3.63) is 23.8 Å². The molecule has 1 aliphatic heterocycles. The molecule has 5 heteroatoms. The fraction of sp³-hybridized carbons (Fsp3) is 0.636. The van der Waals surface area contributed by atoms with Crippen molar-refractivity contribution in [2.75, 3.05) is 26.9 Å². The third kappa shape index (κ3) is 2.07. The van der Waals surface area contributed by atoms with Crippen LogP contribution in [0.15, 0.2) is 12.3 Å². The second kappa shape index (κ2) is 4.86. The molecule has 1 saturated heterocycles. The Morgan fingerprint density at radius 2 is 2.38 bits per heavy atom. The first-order chi connectivity index (χ1) is 7.80. The molecule has 0 unspecified atom stereocenters. The maximum Gasteiger partial charge on any atom is 0.139 e. The van der Waals surface area contributed by atoms with E-state index in [9.17, 15) is 0 Å². The zero-order valence-electron chi connectivity index (χ0n) is 9.35. The van der Waals surface area contributed by atoms with Gasteiger partial charge in [-0.3, -0.25) is 0 Å². The van der Waals surface area contributed by atoms with Gasteiger partial charge in [-0.1, -0.05) is 0 Å². The predicted molar refractivity (Wildman–Crippen MR) is 56.9 cm³/mol. The summed E-state index contributed by atoms with van der Waals surface area (Å²) in [5.74, 6) is 0.752. The van der Waals surface area contributed by atoms with Crippen LogP contribution < -0.4 is 0 Å². The van der Waals surface area contributed by atoms with Gasteiger partial charge in [0.05, 0.1) is 30.9 Å². The van der Waals surface area contributed by atoms with Crippen LogP contribution in [0.5, 0.6) is 0 Å². The average Bonchev–Trinajstić information content (AvgIpc) is 2.28. The molecule has 0 spiro atoms. The summed E-state index contributed by atoms with van der Waals surface area (Å²) in [6.07, 6.45) is 2.53. The van der Waals surface area contributed by atoms with Gasteiger partial charge >= 0.3 is 0 Å². The fourth-order valence-electron chi connectivity index (χ4n) is 1.77. The monoisotopic (exact) mass is 224 g/mol. The number of hydrogen-bond donors (Lipinski definition) is 1. The molecule has 0 amide bonds. The quantitative estimate of drug-likeness (QED) is 0.778. The van der Waals surface area contributed by atoms with Crippen LogP contribution in [0.4, 0.5) is 0 Å². The van der Waals surface area contributed by atoms with E-state index in [4.69, 9.17) is 14.6 Å². The fourth-order valence-corrected chi connectivity index (χ4v) is 1.77. The molecule has 1 aromatic rings. The molecule has 1 aromatic heterocycles. The lowest BCUT2D eigenvalue weighted by atomic mass is 9.81. The van der Waals surface area contributed by atoms with Crippen LogP contribution in [0.2, 0.25) is 0 Å². The highest BCUT2D eigenvalue weighted by atomic mass is 16.5. The van der Waals surface area contributed by atoms with E-state index in [1.165, 1.54) is 0 Å². The minimum absolute atomic E-state index is 0.0588. The SMILES string of the molecule is COCCC1(c2nccc(CO)n2)COC1. The number of methoxy groups -OCH3 is 1. The number of rotatable bonds is 5. The molecular weight excluding hydrogens is 208 g/mol. The van der Waals surface area contributed by atoms with Gasteiger partial charge in [0.25, 0.3) is 0 Å². The Labute approximate surface area is 94.4 Å². The van der Waals surface area contributed by atoms with Gasteiger partial charge in [0, 0.05) is 19.9 Å². The number of ether oxygens (including phenoxy) is 2. The molecule has 1 fully saturated rings. The molecule has 2 rings (SSSR count). The molecule has 0 aromatic carbocycles. The molecule has 1 N–H and O–H groups in total. The minimum Gasteiger partial charge on any atom is -0.390 e. The van der Waals surface area contributed by atoms with Crippen LogP contribution in [0.25, 0.3) is 0 Å². The highest BCUT2D eigenvalue weighted by molar-refractivity contribution is 5.15. The Kier molecular flexibility index (Phi) is 3.48. The summed E-state index contributed by atoms with van der Waals surface area (Å²) in [6, 6.07) is 1.72. The Bertz CT molecular complexity index is 353. The summed E-state index contributed by atoms with van der Waals surface area (Å²) >= 11 is 0. The van der Waals surface area contributed by atoms with Gasteiger partial charge in [0.2, 0.25) is 0 Å². The third-order valence-electron chi connectivity index (χ3n) is 2.89. The molecular formula is C11H16N2O3. The van der Waals surface area contributed by atoms with Gasteiger partial charge in [-0.2, -0.15) is 0 Å². The van der Waals surface area contributed by atoms with Crippen molar-refractivity contribution in [3.63, 3.8) is 0 Å². The predicted octanol–water partition coefficient (Wildman–Crippen LogP) is 0.273. The number of nitrogens with zero attached hydrogens (tertiary/aromatic N) is 2. The topological polar surface area (TPSA) is 64.5 Å². The summed E-state index contributed by atoms with van der Waals surface area (Å²) in [5, 5.41) is 9.05. The van der Waals surface area contributed by atoms with Gasteiger partial charge in [-0.05, 0) is 12.5 Å². The van der Waals surface area contributed by atoms with Crippen molar-refractivity contribution in [3.8, 4) is 0 Å². The lowest BCUT2D eigenvalue weighted by Crippen LogP contribution is -2.48. The van der Waals surface area contributed by atoms with Crippen molar-refractivity contribution in [2.24, 2.45) is 0 Å². The Hall–Kier alpha value is -1.04. The van der Waals surface area contributed by atoms with Gasteiger partial charge < -0.3 is 14.6 Å². The summed E-state index contributed by atoms with van der Waals surface area (Å²) < 4.78 is 10.4. The van der Waals surface area contributed by atoms with E-state index in [1.54, 1.807) is 19.4 Å². The van der Waals surface area contributed by atoms with Crippen LogP contribution >= 0.6 is 0 Å². The molecule has 0 bridgehead atoms. The first kappa shape index (κ1) is 11.4. The molecule has 0 radical (unpaired) electrons. The molecule has 0 aliphatic carbocycles. The van der Waals surface area contributed by atoms with E-state index in [1.807, 2.05) is 0 Å². The largest absolute Gasteiger partial charge is 0.390 e. The molecule has 1 aliphatic rings. The lowest BCUT2D eigenvalue weighted by Gasteiger charge is -2.39. The standard InChI is InChI=1S/C11H16N2O3/c1-15-5-3-11(7-16-8-11)10-12-4-2-9(6-14)13-10/h2,4,14H,3,5-8H2,1H3. The van der Waals surface area contributed by atoms with E-state index in [0.717, 1.165) is 12.2 Å². The molecule has 16 heavy (non-hydrogen) atoms. The number of aromatic nitrogens is 2. The highest BCUT2D eigenvalue weighted by Crippen LogP contribution is 2.33. The lowest BCUT2D eigenvalue weighted by molar-refractivity contribution is -0.0766. The van der Waals surface area contributed by atoms with Crippen molar-refractivity contribution >= 4 is 0 Å². The van der Waals surface area contributed by atoms with Crippen LogP contribution in [0.3, 0.4) is 0 Å². The van der Waals surface area contributed by atoms with Crippen molar-refractivity contribution in [1.29, 1.82) is 0 Å². The average molecular weight is 224 g/mol. The van der Waals surface area contributed by atoms with Gasteiger partial charge in [-0.25, -0.2) is 9.97 Å². The number of aliphatic hydroxyl groups is 1. The maximum absolute atomic E-state index is 9.05. The minimum atomic E-state index is -0.124. The summed E-state index contributed by atoms with van der Waals surface area (Å²) in [4.78, 5) is 8.62. The van der Waals surface area contributed by atoms with Gasteiger partial charge in [0.1, 0.15) is 5.82 Å². The molecule has 0 saturated carbocycles. The van der Waals surface area contributed by atoms with Crippen molar-refractivity contribution in [2.45, 2.75) is 18.4 Å². The van der Waals surface area contributed by atoms with E-state index in [0.29, 0.717) is 25.5 Å². The molecule has 2 heterocycles. The van der Waals surface area contributed by atoms with E-state index >= 15 is 0 Å². The Balaban J connectivity index is 2.18. The van der Waals surface area contributed by atoms with E-state index in [2.05, 4.69) is 9.97 Å². The van der Waals surface area contributed by atoms with Crippen LogP contribution in [0.1, 0.15) is 17.9 Å².